The summed E-state index contributed by atoms with van der Waals surface area (Å²) in [5, 5.41) is 2.50. The molecule has 2 rings (SSSR count). The van der Waals surface area contributed by atoms with Crippen molar-refractivity contribution in [2.24, 2.45) is 0 Å². The average molecular weight is 310 g/mol. The van der Waals surface area contributed by atoms with Crippen molar-refractivity contribution >= 4 is 29.3 Å². The zero-order valence-corrected chi connectivity index (χ0v) is 11.5. The number of nitrogens with zero attached hydrogens (tertiary/aromatic N) is 2. The van der Waals surface area contributed by atoms with Crippen LogP contribution in [0, 0.1) is 5.82 Å². The van der Waals surface area contributed by atoms with Crippen LogP contribution in [0.4, 0.5) is 10.2 Å². The molecule has 1 aromatic carbocycles. The number of ether oxygens (including phenoxy) is 1. The van der Waals surface area contributed by atoms with Crippen molar-refractivity contribution in [3.8, 4) is 0 Å². The van der Waals surface area contributed by atoms with Gasteiger partial charge in [0.05, 0.1) is 12.7 Å². The topological polar surface area (TPSA) is 81.2 Å². The van der Waals surface area contributed by atoms with E-state index in [2.05, 4.69) is 20.0 Å². The van der Waals surface area contributed by atoms with Crippen LogP contribution in [0.1, 0.15) is 20.8 Å². The highest BCUT2D eigenvalue weighted by Crippen LogP contribution is 2.17. The molecule has 0 spiro atoms. The lowest BCUT2D eigenvalue weighted by Crippen LogP contribution is -2.18. The van der Waals surface area contributed by atoms with Crippen molar-refractivity contribution in [3.05, 3.63) is 52.7 Å². The van der Waals surface area contributed by atoms with Gasteiger partial charge in [-0.05, 0) is 18.2 Å². The van der Waals surface area contributed by atoms with Crippen LogP contribution in [0.15, 0.2) is 30.6 Å². The molecule has 0 saturated heterocycles. The summed E-state index contributed by atoms with van der Waals surface area (Å²) in [4.78, 5) is 31.1. The smallest absolute Gasteiger partial charge is 0.360 e. The molecule has 21 heavy (non-hydrogen) atoms. The van der Waals surface area contributed by atoms with Gasteiger partial charge in [0.2, 0.25) is 0 Å². The number of carbonyl (C=O) groups excluding carboxylic acids is 2. The molecule has 2 aromatic rings. The van der Waals surface area contributed by atoms with E-state index in [1.54, 1.807) is 0 Å². The number of aromatic nitrogens is 2. The quantitative estimate of drug-likeness (QED) is 0.880. The normalized spacial score (nSPS) is 10.0. The lowest BCUT2D eigenvalue weighted by atomic mass is 10.2. The van der Waals surface area contributed by atoms with Crippen LogP contribution in [-0.4, -0.2) is 29.0 Å². The largest absolute Gasteiger partial charge is 0.464 e. The van der Waals surface area contributed by atoms with E-state index >= 15 is 0 Å². The zero-order chi connectivity index (χ0) is 15.4. The lowest BCUT2D eigenvalue weighted by molar-refractivity contribution is 0.0595. The molecule has 0 aliphatic rings. The molecule has 6 nitrogen and oxygen atoms in total. The first kappa shape index (κ1) is 14.9. The van der Waals surface area contributed by atoms with Gasteiger partial charge in [-0.3, -0.25) is 4.79 Å². The molecule has 0 radical (unpaired) electrons. The number of hydrogen-bond acceptors (Lipinski definition) is 5. The molecular formula is C13H9ClFN3O3. The molecule has 1 aromatic heterocycles. The number of halogens is 2. The standard InChI is InChI=1S/C13H9ClFN3O3/c1-21-13(20)10-11(17-5-4-16-10)18-12(19)8-6-7(14)2-3-9(8)15/h2-6H,1H3,(H,17,18,19). The molecule has 1 amide bonds. The van der Waals surface area contributed by atoms with Crippen molar-refractivity contribution < 1.29 is 18.7 Å². The van der Waals surface area contributed by atoms with Gasteiger partial charge < -0.3 is 10.1 Å². The van der Waals surface area contributed by atoms with Crippen LogP contribution in [0.5, 0.6) is 0 Å². The molecule has 0 unspecified atom stereocenters. The van der Waals surface area contributed by atoms with Gasteiger partial charge in [0, 0.05) is 17.4 Å². The number of carbonyl (C=O) groups is 2. The Morgan fingerprint density at radius 1 is 1.29 bits per heavy atom. The highest BCUT2D eigenvalue weighted by Gasteiger charge is 2.19. The molecule has 8 heteroatoms. The monoisotopic (exact) mass is 309 g/mol. The number of esters is 1. The van der Waals surface area contributed by atoms with E-state index in [1.807, 2.05) is 0 Å². The maximum atomic E-state index is 13.6. The minimum absolute atomic E-state index is 0.131. The number of benzene rings is 1. The van der Waals surface area contributed by atoms with Gasteiger partial charge in [-0.25, -0.2) is 19.2 Å². The van der Waals surface area contributed by atoms with Gasteiger partial charge in [-0.15, -0.1) is 0 Å². The van der Waals surface area contributed by atoms with Gasteiger partial charge in [-0.1, -0.05) is 11.6 Å². The van der Waals surface area contributed by atoms with E-state index in [0.29, 0.717) is 0 Å². The Hall–Kier alpha value is -2.54. The third-order valence-corrected chi connectivity index (χ3v) is 2.72. The van der Waals surface area contributed by atoms with Gasteiger partial charge in [-0.2, -0.15) is 0 Å². The van der Waals surface area contributed by atoms with Crippen LogP contribution < -0.4 is 5.32 Å². The van der Waals surface area contributed by atoms with Gasteiger partial charge in [0.15, 0.2) is 11.5 Å². The van der Waals surface area contributed by atoms with E-state index < -0.39 is 17.7 Å². The molecule has 0 bridgehead atoms. The molecule has 0 aliphatic carbocycles. The third kappa shape index (κ3) is 3.32. The Labute approximate surface area is 123 Å². The Morgan fingerprint density at radius 2 is 2.00 bits per heavy atom. The second-order valence-electron chi connectivity index (χ2n) is 3.82. The average Bonchev–Trinajstić information content (AvgIpc) is 2.49. The summed E-state index contributed by atoms with van der Waals surface area (Å²) in [5.41, 5.74) is -0.459. The molecule has 108 valence electrons. The fourth-order valence-corrected chi connectivity index (χ4v) is 1.69. The minimum Gasteiger partial charge on any atom is -0.464 e. The fraction of sp³-hybridized carbons (Fsp3) is 0.0769. The number of anilines is 1. The number of amides is 1. The highest BCUT2D eigenvalue weighted by atomic mass is 35.5. The maximum absolute atomic E-state index is 13.6. The summed E-state index contributed by atoms with van der Waals surface area (Å²) < 4.78 is 18.1. The molecule has 1 N–H and O–H groups in total. The van der Waals surface area contributed by atoms with E-state index in [1.165, 1.54) is 31.6 Å². The summed E-state index contributed by atoms with van der Waals surface area (Å²) in [6, 6.07) is 3.55. The van der Waals surface area contributed by atoms with Crippen molar-refractivity contribution in [2.45, 2.75) is 0 Å². The third-order valence-electron chi connectivity index (χ3n) is 2.48. The maximum Gasteiger partial charge on any atom is 0.360 e. The van der Waals surface area contributed by atoms with E-state index in [-0.39, 0.29) is 22.1 Å². The molecule has 0 atom stereocenters. The highest BCUT2D eigenvalue weighted by molar-refractivity contribution is 6.31. The zero-order valence-electron chi connectivity index (χ0n) is 10.8. The minimum atomic E-state index is -0.805. The van der Waals surface area contributed by atoms with Crippen molar-refractivity contribution in [1.82, 2.24) is 9.97 Å². The molecule has 1 heterocycles. The number of methoxy groups -OCH3 is 1. The van der Waals surface area contributed by atoms with E-state index in [4.69, 9.17) is 11.6 Å². The summed E-state index contributed by atoms with van der Waals surface area (Å²) in [6.45, 7) is 0. The van der Waals surface area contributed by atoms with Gasteiger partial charge in [0.1, 0.15) is 5.82 Å². The second kappa shape index (κ2) is 6.27. The summed E-state index contributed by atoms with van der Waals surface area (Å²) in [6.07, 6.45) is 2.54. The van der Waals surface area contributed by atoms with Crippen LogP contribution in [0.25, 0.3) is 0 Å². The second-order valence-corrected chi connectivity index (χ2v) is 4.26. The van der Waals surface area contributed by atoms with Gasteiger partial charge >= 0.3 is 5.97 Å². The Bertz CT molecular complexity index is 709. The number of rotatable bonds is 3. The van der Waals surface area contributed by atoms with Gasteiger partial charge in [0.25, 0.3) is 5.91 Å². The summed E-state index contributed by atoms with van der Waals surface area (Å²) in [7, 11) is 1.17. The van der Waals surface area contributed by atoms with Crippen LogP contribution in [0.2, 0.25) is 5.02 Å². The van der Waals surface area contributed by atoms with Crippen molar-refractivity contribution in [1.29, 1.82) is 0 Å². The summed E-state index contributed by atoms with van der Waals surface area (Å²) in [5.74, 6) is -2.46. The van der Waals surface area contributed by atoms with Crippen LogP contribution >= 0.6 is 11.6 Å². The molecule has 0 aliphatic heterocycles. The predicted octanol–water partition coefficient (Wildman–Crippen LogP) is 2.31. The van der Waals surface area contributed by atoms with Crippen LogP contribution in [0.3, 0.4) is 0 Å². The molecular weight excluding hydrogens is 301 g/mol. The van der Waals surface area contributed by atoms with Crippen molar-refractivity contribution in [2.75, 3.05) is 12.4 Å². The number of hydrogen-bond donors (Lipinski definition) is 1. The predicted molar refractivity (Wildman–Crippen MR) is 72.7 cm³/mol. The van der Waals surface area contributed by atoms with Crippen molar-refractivity contribution in [3.63, 3.8) is 0 Å². The van der Waals surface area contributed by atoms with E-state index in [0.717, 1.165) is 6.07 Å². The Morgan fingerprint density at radius 3 is 2.71 bits per heavy atom. The Kier molecular flexibility index (Phi) is 4.44. The fourth-order valence-electron chi connectivity index (χ4n) is 1.52. The SMILES string of the molecule is COC(=O)c1nccnc1NC(=O)c1cc(Cl)ccc1F. The first-order chi connectivity index (χ1) is 10.0. The molecule has 0 fully saturated rings. The van der Waals surface area contributed by atoms with E-state index in [9.17, 15) is 14.0 Å². The van der Waals surface area contributed by atoms with Crippen LogP contribution in [-0.2, 0) is 4.74 Å². The summed E-state index contributed by atoms with van der Waals surface area (Å²) >= 11 is 5.72. The Balaban J connectivity index is 2.32. The lowest BCUT2D eigenvalue weighted by Gasteiger charge is -2.08. The first-order valence-electron chi connectivity index (χ1n) is 5.68. The number of nitrogens with one attached hydrogen (secondary N) is 1. The molecule has 0 saturated carbocycles. The first-order valence-corrected chi connectivity index (χ1v) is 6.06.